The SMILES string of the molecule is CCC[Si]C(CC)C1CCC(c2ccc(F)c(F)c2)CC1. The zero-order chi connectivity index (χ0) is 15.2. The van der Waals surface area contributed by atoms with Gasteiger partial charge >= 0.3 is 0 Å². The van der Waals surface area contributed by atoms with Crippen LogP contribution >= 0.6 is 0 Å². The molecule has 2 radical (unpaired) electrons. The third-order valence-corrected chi connectivity index (χ3v) is 7.04. The van der Waals surface area contributed by atoms with Crippen LogP contribution < -0.4 is 0 Å². The summed E-state index contributed by atoms with van der Waals surface area (Å²) in [5.41, 5.74) is 1.87. The molecular weight excluding hydrogens is 282 g/mol. The summed E-state index contributed by atoms with van der Waals surface area (Å²) in [5, 5.41) is 0. The summed E-state index contributed by atoms with van der Waals surface area (Å²) >= 11 is 0. The van der Waals surface area contributed by atoms with E-state index in [1.165, 1.54) is 43.9 Å². The molecule has 0 amide bonds. The fraction of sp³-hybridized carbons (Fsp3) is 0.667. The van der Waals surface area contributed by atoms with Gasteiger partial charge in [0.25, 0.3) is 0 Å². The average Bonchev–Trinajstić information content (AvgIpc) is 2.51. The van der Waals surface area contributed by atoms with Crippen molar-refractivity contribution in [2.24, 2.45) is 5.92 Å². The van der Waals surface area contributed by atoms with E-state index in [1.807, 2.05) is 0 Å². The fourth-order valence-corrected chi connectivity index (χ4v) is 5.21. The molecule has 0 spiro atoms. The first-order valence-corrected chi connectivity index (χ1v) is 9.62. The van der Waals surface area contributed by atoms with Gasteiger partial charge in [0.1, 0.15) is 0 Å². The highest BCUT2D eigenvalue weighted by Gasteiger charge is 2.27. The highest BCUT2D eigenvalue weighted by molar-refractivity contribution is 6.37. The molecule has 0 nitrogen and oxygen atoms in total. The number of hydrogen-bond donors (Lipinski definition) is 0. The van der Waals surface area contributed by atoms with Crippen LogP contribution in [0.25, 0.3) is 0 Å². The van der Waals surface area contributed by atoms with Crippen molar-refractivity contribution < 1.29 is 8.78 Å². The van der Waals surface area contributed by atoms with Crippen LogP contribution in [-0.2, 0) is 0 Å². The monoisotopic (exact) mass is 308 g/mol. The third kappa shape index (κ3) is 4.38. The quantitative estimate of drug-likeness (QED) is 0.568. The number of halogens is 2. The van der Waals surface area contributed by atoms with Crippen LogP contribution in [0.2, 0.25) is 11.6 Å². The Kier molecular flexibility index (Phi) is 6.40. The molecule has 21 heavy (non-hydrogen) atoms. The third-order valence-electron chi connectivity index (χ3n) is 4.85. The Labute approximate surface area is 130 Å². The molecule has 1 saturated carbocycles. The molecule has 0 N–H and O–H groups in total. The summed E-state index contributed by atoms with van der Waals surface area (Å²) < 4.78 is 26.4. The highest BCUT2D eigenvalue weighted by atomic mass is 28.2. The van der Waals surface area contributed by atoms with Crippen LogP contribution in [0.15, 0.2) is 18.2 Å². The normalized spacial score (nSPS) is 24.0. The Balaban J connectivity index is 1.91. The van der Waals surface area contributed by atoms with Gasteiger partial charge in [-0.05, 0) is 60.8 Å². The van der Waals surface area contributed by atoms with Gasteiger partial charge in [0.15, 0.2) is 11.6 Å². The Morgan fingerprint density at radius 3 is 2.38 bits per heavy atom. The first kappa shape index (κ1) is 16.7. The van der Waals surface area contributed by atoms with Crippen molar-refractivity contribution >= 4 is 9.52 Å². The van der Waals surface area contributed by atoms with E-state index >= 15 is 0 Å². The van der Waals surface area contributed by atoms with E-state index in [9.17, 15) is 8.78 Å². The van der Waals surface area contributed by atoms with Gasteiger partial charge in [-0.15, -0.1) is 0 Å². The van der Waals surface area contributed by atoms with Crippen molar-refractivity contribution in [1.82, 2.24) is 0 Å². The van der Waals surface area contributed by atoms with Gasteiger partial charge in [0.05, 0.1) is 0 Å². The van der Waals surface area contributed by atoms with Gasteiger partial charge in [-0.1, -0.05) is 38.8 Å². The Morgan fingerprint density at radius 1 is 1.10 bits per heavy atom. The molecule has 0 bridgehead atoms. The van der Waals surface area contributed by atoms with Crippen molar-refractivity contribution in [1.29, 1.82) is 0 Å². The van der Waals surface area contributed by atoms with E-state index in [0.29, 0.717) is 5.92 Å². The maximum Gasteiger partial charge on any atom is 0.159 e. The molecule has 1 aromatic carbocycles. The van der Waals surface area contributed by atoms with E-state index in [0.717, 1.165) is 39.4 Å². The second-order valence-electron chi connectivity index (χ2n) is 6.25. The fourth-order valence-electron chi connectivity index (χ4n) is 3.60. The molecule has 116 valence electrons. The Morgan fingerprint density at radius 2 is 1.81 bits per heavy atom. The van der Waals surface area contributed by atoms with Gasteiger partial charge in [-0.2, -0.15) is 0 Å². The minimum Gasteiger partial charge on any atom is -0.204 e. The molecule has 1 fully saturated rings. The van der Waals surface area contributed by atoms with Gasteiger partial charge in [-0.25, -0.2) is 8.78 Å². The minimum atomic E-state index is -0.737. The van der Waals surface area contributed by atoms with E-state index in [1.54, 1.807) is 6.07 Å². The van der Waals surface area contributed by atoms with Crippen molar-refractivity contribution in [3.63, 3.8) is 0 Å². The molecule has 3 heteroatoms. The Hall–Kier alpha value is -0.703. The van der Waals surface area contributed by atoms with E-state index < -0.39 is 11.6 Å². The van der Waals surface area contributed by atoms with E-state index in [2.05, 4.69) is 13.8 Å². The lowest BCUT2D eigenvalue weighted by molar-refractivity contribution is 0.306. The molecule has 0 saturated heterocycles. The van der Waals surface area contributed by atoms with Crippen molar-refractivity contribution in [2.75, 3.05) is 0 Å². The zero-order valence-electron chi connectivity index (χ0n) is 13.2. The molecule has 2 rings (SSSR count). The average molecular weight is 308 g/mol. The lowest BCUT2D eigenvalue weighted by Gasteiger charge is -2.33. The number of benzene rings is 1. The van der Waals surface area contributed by atoms with Gasteiger partial charge in [0.2, 0.25) is 0 Å². The van der Waals surface area contributed by atoms with Gasteiger partial charge in [-0.3, -0.25) is 0 Å². The first-order chi connectivity index (χ1) is 10.2. The molecule has 1 aliphatic rings. The summed E-state index contributed by atoms with van der Waals surface area (Å²) in [5.74, 6) is -0.172. The topological polar surface area (TPSA) is 0 Å². The van der Waals surface area contributed by atoms with Crippen LogP contribution in [0.4, 0.5) is 8.78 Å². The zero-order valence-corrected chi connectivity index (χ0v) is 14.2. The van der Waals surface area contributed by atoms with E-state index in [4.69, 9.17) is 0 Å². The minimum absolute atomic E-state index is 0.420. The summed E-state index contributed by atoms with van der Waals surface area (Å²) in [7, 11) is 1.10. The van der Waals surface area contributed by atoms with Crippen LogP contribution in [0.1, 0.15) is 63.9 Å². The summed E-state index contributed by atoms with van der Waals surface area (Å²) in [6.07, 6.45) is 7.33. The molecule has 0 aliphatic heterocycles. The molecule has 1 aliphatic carbocycles. The molecule has 1 atom stereocenters. The lowest BCUT2D eigenvalue weighted by Crippen LogP contribution is -2.21. The molecular formula is C18H26F2Si. The standard InChI is InChI=1S/C18H26F2Si/c1-3-11-21-18(4-2)14-7-5-13(6-8-14)15-9-10-16(19)17(20)12-15/h9-10,12-14,18H,3-8,11H2,1-2H3. The molecule has 1 unspecified atom stereocenters. The smallest absolute Gasteiger partial charge is 0.159 e. The molecule has 1 aromatic rings. The maximum absolute atomic E-state index is 13.4. The summed E-state index contributed by atoms with van der Waals surface area (Å²) in [6.45, 7) is 4.58. The lowest BCUT2D eigenvalue weighted by atomic mass is 9.77. The van der Waals surface area contributed by atoms with Crippen LogP contribution in [0.5, 0.6) is 0 Å². The number of rotatable bonds is 6. The van der Waals surface area contributed by atoms with Crippen molar-refractivity contribution in [3.8, 4) is 0 Å². The largest absolute Gasteiger partial charge is 0.204 e. The van der Waals surface area contributed by atoms with E-state index in [-0.39, 0.29) is 0 Å². The molecule has 0 aromatic heterocycles. The second kappa shape index (κ2) is 8.07. The predicted molar refractivity (Wildman–Crippen MR) is 86.0 cm³/mol. The van der Waals surface area contributed by atoms with Crippen LogP contribution in [0.3, 0.4) is 0 Å². The van der Waals surface area contributed by atoms with Gasteiger partial charge < -0.3 is 0 Å². The second-order valence-corrected chi connectivity index (χ2v) is 7.90. The summed E-state index contributed by atoms with van der Waals surface area (Å²) in [6, 6.07) is 5.80. The number of hydrogen-bond acceptors (Lipinski definition) is 0. The highest BCUT2D eigenvalue weighted by Crippen LogP contribution is 2.41. The van der Waals surface area contributed by atoms with Crippen LogP contribution in [-0.4, -0.2) is 9.52 Å². The summed E-state index contributed by atoms with van der Waals surface area (Å²) in [4.78, 5) is 0. The Bertz CT molecular complexity index is 439. The molecule has 0 heterocycles. The van der Waals surface area contributed by atoms with Crippen molar-refractivity contribution in [3.05, 3.63) is 35.4 Å². The predicted octanol–water partition coefficient (Wildman–Crippen LogP) is 5.97. The maximum atomic E-state index is 13.4. The van der Waals surface area contributed by atoms with Gasteiger partial charge in [0, 0.05) is 9.52 Å². The van der Waals surface area contributed by atoms with Crippen molar-refractivity contribution in [2.45, 2.75) is 69.9 Å². The van der Waals surface area contributed by atoms with Crippen LogP contribution in [0, 0.1) is 17.6 Å². The first-order valence-electron chi connectivity index (χ1n) is 8.34.